The van der Waals surface area contributed by atoms with Crippen LogP contribution in [0.4, 0.5) is 0 Å². The van der Waals surface area contributed by atoms with Crippen LogP contribution in [-0.2, 0) is 0 Å². The second-order valence-electron chi connectivity index (χ2n) is 5.23. The fraction of sp³-hybridized carbons (Fsp3) is 0.100. The maximum absolute atomic E-state index is 5.47. The molecule has 0 bridgehead atoms. The highest BCUT2D eigenvalue weighted by atomic mass is 79.9. The van der Waals surface area contributed by atoms with Crippen LogP contribution in [0.1, 0.15) is 11.1 Å². The Morgan fingerprint density at radius 1 is 0.917 bits per heavy atom. The molecule has 24 heavy (non-hydrogen) atoms. The van der Waals surface area contributed by atoms with Gasteiger partial charge in [0.25, 0.3) is 0 Å². The Kier molecular flexibility index (Phi) is 5.06. The lowest BCUT2D eigenvalue weighted by molar-refractivity contribution is 0.354. The van der Waals surface area contributed by atoms with Gasteiger partial charge < -0.3 is 14.0 Å². The van der Waals surface area contributed by atoms with Crippen molar-refractivity contribution in [2.75, 3.05) is 14.2 Å². The summed E-state index contributed by atoms with van der Waals surface area (Å²) >= 11 is 3.67. The normalized spacial score (nSPS) is 11.4. The van der Waals surface area contributed by atoms with Gasteiger partial charge in [-0.15, -0.1) is 0 Å². The smallest absolute Gasteiger partial charge is 0.161 e. The van der Waals surface area contributed by atoms with Crippen LogP contribution in [-0.4, -0.2) is 18.8 Å². The Hall–Kier alpha value is -2.46. The summed E-state index contributed by atoms with van der Waals surface area (Å²) in [6.07, 6.45) is 6.12. The fourth-order valence-electron chi connectivity index (χ4n) is 2.56. The molecule has 0 saturated carbocycles. The van der Waals surface area contributed by atoms with Crippen molar-refractivity contribution in [1.29, 1.82) is 0 Å². The number of halogens is 1. The van der Waals surface area contributed by atoms with Gasteiger partial charge in [0.2, 0.25) is 0 Å². The lowest BCUT2D eigenvalue weighted by atomic mass is 9.98. The van der Waals surface area contributed by atoms with Crippen LogP contribution in [0.5, 0.6) is 11.5 Å². The van der Waals surface area contributed by atoms with Crippen molar-refractivity contribution in [3.05, 3.63) is 82.6 Å². The topological polar surface area (TPSA) is 23.4 Å². The van der Waals surface area contributed by atoms with E-state index >= 15 is 0 Å². The van der Waals surface area contributed by atoms with Crippen LogP contribution in [0.25, 0.3) is 11.8 Å². The highest BCUT2D eigenvalue weighted by Crippen LogP contribution is 2.38. The lowest BCUT2D eigenvalue weighted by Crippen LogP contribution is -1.96. The van der Waals surface area contributed by atoms with Crippen LogP contribution in [0.15, 0.2) is 71.5 Å². The third-order valence-electron chi connectivity index (χ3n) is 3.75. The van der Waals surface area contributed by atoms with Crippen molar-refractivity contribution in [2.24, 2.45) is 0 Å². The minimum absolute atomic E-state index is 0.696. The second kappa shape index (κ2) is 7.41. The van der Waals surface area contributed by atoms with Gasteiger partial charge in [-0.05, 0) is 29.8 Å². The molecule has 0 N–H and O–H groups in total. The van der Waals surface area contributed by atoms with Gasteiger partial charge in [-0.2, -0.15) is 0 Å². The predicted molar refractivity (Wildman–Crippen MR) is 101 cm³/mol. The highest BCUT2D eigenvalue weighted by Gasteiger charge is 2.14. The minimum Gasteiger partial charge on any atom is -0.493 e. The SMILES string of the molecule is COc1cc(Br)c(/C(=C/n2cccc2)c2ccccc2)cc1OC. The molecule has 3 aromatic rings. The summed E-state index contributed by atoms with van der Waals surface area (Å²) in [5.41, 5.74) is 3.24. The summed E-state index contributed by atoms with van der Waals surface area (Å²) in [6.45, 7) is 0. The summed E-state index contributed by atoms with van der Waals surface area (Å²) in [5.74, 6) is 1.39. The summed E-state index contributed by atoms with van der Waals surface area (Å²) in [5, 5.41) is 0. The van der Waals surface area contributed by atoms with E-state index in [0.717, 1.165) is 21.2 Å². The van der Waals surface area contributed by atoms with Crippen molar-refractivity contribution in [3.63, 3.8) is 0 Å². The third-order valence-corrected chi connectivity index (χ3v) is 4.41. The monoisotopic (exact) mass is 383 g/mol. The molecule has 122 valence electrons. The zero-order valence-corrected chi connectivity index (χ0v) is 15.2. The maximum atomic E-state index is 5.47. The molecule has 0 radical (unpaired) electrons. The Morgan fingerprint density at radius 3 is 2.17 bits per heavy atom. The zero-order chi connectivity index (χ0) is 16.9. The van der Waals surface area contributed by atoms with Crippen LogP contribution in [0.3, 0.4) is 0 Å². The first-order valence-corrected chi connectivity index (χ1v) is 8.34. The number of hydrogen-bond acceptors (Lipinski definition) is 2. The number of ether oxygens (including phenoxy) is 2. The van der Waals surface area contributed by atoms with Gasteiger partial charge in [0.05, 0.1) is 14.2 Å². The largest absolute Gasteiger partial charge is 0.493 e. The number of nitrogens with zero attached hydrogens (tertiary/aromatic N) is 1. The molecule has 0 aliphatic heterocycles. The molecule has 2 aromatic carbocycles. The Balaban J connectivity index is 2.20. The molecule has 3 rings (SSSR count). The first-order chi connectivity index (χ1) is 11.7. The van der Waals surface area contributed by atoms with Gasteiger partial charge in [-0.1, -0.05) is 46.3 Å². The van der Waals surface area contributed by atoms with Gasteiger partial charge in [-0.3, -0.25) is 0 Å². The van der Waals surface area contributed by atoms with E-state index in [1.807, 2.05) is 59.4 Å². The van der Waals surface area contributed by atoms with Crippen molar-refractivity contribution in [2.45, 2.75) is 0 Å². The molecule has 3 nitrogen and oxygen atoms in total. The number of hydrogen-bond donors (Lipinski definition) is 0. The fourth-order valence-corrected chi connectivity index (χ4v) is 3.10. The molecule has 1 heterocycles. The van der Waals surface area contributed by atoms with Gasteiger partial charge in [0.15, 0.2) is 11.5 Å². The summed E-state index contributed by atoms with van der Waals surface area (Å²) in [4.78, 5) is 0. The van der Waals surface area contributed by atoms with Crippen LogP contribution in [0.2, 0.25) is 0 Å². The standard InChI is InChI=1S/C20H18BrNO2/c1-23-19-12-16(18(21)13-20(19)24-2)17(14-22-10-6-7-11-22)15-8-4-3-5-9-15/h3-14H,1-2H3/b17-14+. The van der Waals surface area contributed by atoms with E-state index in [1.54, 1.807) is 14.2 Å². The van der Waals surface area contributed by atoms with Gasteiger partial charge in [-0.25, -0.2) is 0 Å². The summed E-state index contributed by atoms with van der Waals surface area (Å²) in [7, 11) is 3.28. The van der Waals surface area contributed by atoms with E-state index in [0.29, 0.717) is 11.5 Å². The number of methoxy groups -OCH3 is 2. The van der Waals surface area contributed by atoms with E-state index in [-0.39, 0.29) is 0 Å². The average Bonchev–Trinajstić information content (AvgIpc) is 3.13. The maximum Gasteiger partial charge on any atom is 0.161 e. The van der Waals surface area contributed by atoms with Gasteiger partial charge in [0.1, 0.15) is 0 Å². The van der Waals surface area contributed by atoms with Gasteiger partial charge >= 0.3 is 0 Å². The molecule has 1 aromatic heterocycles. The van der Waals surface area contributed by atoms with E-state index in [1.165, 1.54) is 0 Å². The van der Waals surface area contributed by atoms with E-state index in [9.17, 15) is 0 Å². The van der Waals surface area contributed by atoms with E-state index < -0.39 is 0 Å². The molecule has 0 unspecified atom stereocenters. The third kappa shape index (κ3) is 3.39. The molecule has 0 aliphatic rings. The molecule has 0 amide bonds. The quantitative estimate of drug-likeness (QED) is 0.595. The molecule has 0 saturated heterocycles. The summed E-state index contributed by atoms with van der Waals surface area (Å²) < 4.78 is 13.8. The number of benzene rings is 2. The van der Waals surface area contributed by atoms with Crippen LogP contribution < -0.4 is 9.47 Å². The molecule has 0 spiro atoms. The molecule has 0 aliphatic carbocycles. The van der Waals surface area contributed by atoms with Crippen molar-refractivity contribution < 1.29 is 9.47 Å². The van der Waals surface area contributed by atoms with Crippen LogP contribution >= 0.6 is 15.9 Å². The van der Waals surface area contributed by atoms with E-state index in [2.05, 4.69) is 34.3 Å². The Morgan fingerprint density at radius 2 is 1.54 bits per heavy atom. The lowest BCUT2D eigenvalue weighted by Gasteiger charge is -2.15. The molecule has 4 heteroatoms. The Bertz CT molecular complexity index is 840. The van der Waals surface area contributed by atoms with E-state index in [4.69, 9.17) is 9.47 Å². The molecular weight excluding hydrogens is 366 g/mol. The van der Waals surface area contributed by atoms with Crippen molar-refractivity contribution in [3.8, 4) is 11.5 Å². The number of rotatable bonds is 5. The first-order valence-electron chi connectivity index (χ1n) is 7.54. The first kappa shape index (κ1) is 16.4. The summed E-state index contributed by atoms with van der Waals surface area (Å²) in [6, 6.07) is 18.2. The van der Waals surface area contributed by atoms with Crippen molar-refractivity contribution >= 4 is 27.7 Å². The number of aromatic nitrogens is 1. The average molecular weight is 384 g/mol. The molecular formula is C20H18BrNO2. The minimum atomic E-state index is 0.696. The second-order valence-corrected chi connectivity index (χ2v) is 6.08. The molecule has 0 atom stereocenters. The zero-order valence-electron chi connectivity index (χ0n) is 13.6. The Labute approximate surface area is 150 Å². The molecule has 0 fully saturated rings. The van der Waals surface area contributed by atoms with Crippen LogP contribution in [0, 0.1) is 0 Å². The van der Waals surface area contributed by atoms with Gasteiger partial charge in [0, 0.05) is 34.2 Å². The highest BCUT2D eigenvalue weighted by molar-refractivity contribution is 9.10. The predicted octanol–water partition coefficient (Wildman–Crippen LogP) is 5.31. The van der Waals surface area contributed by atoms with Crippen molar-refractivity contribution in [1.82, 2.24) is 4.57 Å².